The van der Waals surface area contributed by atoms with Crippen LogP contribution in [0.4, 0.5) is 10.1 Å². The summed E-state index contributed by atoms with van der Waals surface area (Å²) in [5.74, 6) is 0.0993. The topological polar surface area (TPSA) is 105 Å². The van der Waals surface area contributed by atoms with E-state index in [9.17, 15) is 17.6 Å². The second kappa shape index (κ2) is 10.4. The molecule has 0 bridgehead atoms. The van der Waals surface area contributed by atoms with E-state index in [2.05, 4.69) is 0 Å². The van der Waals surface area contributed by atoms with E-state index in [0.717, 1.165) is 10.6 Å². The van der Waals surface area contributed by atoms with Crippen molar-refractivity contribution in [3.63, 3.8) is 0 Å². The monoisotopic (exact) mass is 440 g/mol. The number of alkyl halides is 1. The van der Waals surface area contributed by atoms with Crippen LogP contribution in [0.2, 0.25) is 0 Å². The van der Waals surface area contributed by atoms with E-state index in [1.54, 1.807) is 50.2 Å². The maximum atomic E-state index is 12.6. The number of hydroxylamine groups is 1. The molecule has 0 aliphatic rings. The predicted molar refractivity (Wildman–Crippen MR) is 110 cm³/mol. The van der Waals surface area contributed by atoms with Crippen LogP contribution in [0.1, 0.15) is 19.4 Å². The largest absolute Gasteiger partial charge is 0.457 e. The molecule has 164 valence electrons. The summed E-state index contributed by atoms with van der Waals surface area (Å²) in [4.78, 5) is 11.9. The summed E-state index contributed by atoms with van der Waals surface area (Å²) in [6.07, 6.45) is -0.574. The van der Waals surface area contributed by atoms with E-state index >= 15 is 0 Å². The number of amides is 1. The van der Waals surface area contributed by atoms with Crippen molar-refractivity contribution in [1.29, 1.82) is 0 Å². The van der Waals surface area contributed by atoms with Gasteiger partial charge in [0.15, 0.2) is 6.10 Å². The van der Waals surface area contributed by atoms with Gasteiger partial charge in [-0.15, -0.1) is 0 Å². The molecule has 10 heteroatoms. The highest BCUT2D eigenvalue weighted by atomic mass is 32.2. The number of carbonyl (C=O) groups excluding carboxylic acids is 1. The minimum absolute atomic E-state index is 0.292. The van der Waals surface area contributed by atoms with Crippen LogP contribution in [0.25, 0.3) is 0 Å². The van der Waals surface area contributed by atoms with Gasteiger partial charge in [0, 0.05) is 0 Å². The summed E-state index contributed by atoms with van der Waals surface area (Å²) < 4.78 is 49.3. The second-order valence-electron chi connectivity index (χ2n) is 6.82. The molecule has 0 saturated heterocycles. The van der Waals surface area contributed by atoms with Gasteiger partial charge in [-0.1, -0.05) is 12.1 Å². The van der Waals surface area contributed by atoms with E-state index in [4.69, 9.17) is 14.7 Å². The Balaban J connectivity index is 2.22. The number of anilines is 1. The molecule has 0 aliphatic carbocycles. The Morgan fingerprint density at radius 1 is 1.10 bits per heavy atom. The fraction of sp³-hybridized carbons (Fsp3) is 0.350. The Morgan fingerprint density at radius 3 is 2.07 bits per heavy atom. The zero-order valence-corrected chi connectivity index (χ0v) is 17.7. The smallest absolute Gasteiger partial charge is 0.274 e. The van der Waals surface area contributed by atoms with Gasteiger partial charge < -0.3 is 9.47 Å². The van der Waals surface area contributed by atoms with Crippen molar-refractivity contribution in [2.45, 2.75) is 32.7 Å². The molecule has 2 aromatic rings. The molecule has 0 saturated carbocycles. The van der Waals surface area contributed by atoms with Crippen LogP contribution >= 0.6 is 0 Å². The first-order chi connectivity index (χ1) is 14.1. The van der Waals surface area contributed by atoms with Crippen molar-refractivity contribution in [1.82, 2.24) is 5.48 Å². The molecular formula is C20H25FN2O6S. The normalized spacial score (nSPS) is 12.5. The van der Waals surface area contributed by atoms with Gasteiger partial charge in [-0.25, -0.2) is 18.3 Å². The van der Waals surface area contributed by atoms with Gasteiger partial charge in [-0.05, 0) is 55.8 Å². The lowest BCUT2D eigenvalue weighted by molar-refractivity contribution is -0.143. The van der Waals surface area contributed by atoms with Crippen LogP contribution < -0.4 is 14.5 Å². The van der Waals surface area contributed by atoms with Crippen molar-refractivity contribution in [3.05, 3.63) is 54.1 Å². The Kier molecular flexibility index (Phi) is 8.16. The SMILES string of the molecule is CC(C)O[C@@H](CN(c1ccc(Oc2ccc(CF)cc2)cc1)S(C)(=O)=O)C(=O)NO. The van der Waals surface area contributed by atoms with Crippen LogP contribution in [-0.4, -0.2) is 44.5 Å². The Labute approximate surface area is 175 Å². The van der Waals surface area contributed by atoms with Gasteiger partial charge in [-0.3, -0.25) is 14.3 Å². The Hall–Kier alpha value is -2.69. The first kappa shape index (κ1) is 23.6. The van der Waals surface area contributed by atoms with E-state index in [0.29, 0.717) is 22.7 Å². The average molecular weight is 440 g/mol. The molecule has 1 amide bonds. The number of hydrogen-bond acceptors (Lipinski definition) is 6. The van der Waals surface area contributed by atoms with E-state index in [-0.39, 0.29) is 12.6 Å². The summed E-state index contributed by atoms with van der Waals surface area (Å²) in [6, 6.07) is 12.7. The molecule has 0 unspecified atom stereocenters. The molecule has 2 N–H and O–H groups in total. The maximum Gasteiger partial charge on any atom is 0.274 e. The van der Waals surface area contributed by atoms with Crippen molar-refractivity contribution < 1.29 is 32.3 Å². The first-order valence-electron chi connectivity index (χ1n) is 9.14. The molecule has 0 aromatic heterocycles. The number of hydrogen-bond donors (Lipinski definition) is 2. The third kappa shape index (κ3) is 6.68. The standard InChI is InChI=1S/C20H25FN2O6S/c1-14(2)28-19(20(24)22-25)13-23(30(3,26)27)16-6-10-18(11-7-16)29-17-8-4-15(12-21)5-9-17/h4-11,14,19,25H,12-13H2,1-3H3,(H,22,24)/t19-/m0/s1. The number of halogens is 1. The van der Waals surface area contributed by atoms with E-state index in [1.165, 1.54) is 17.6 Å². The lowest BCUT2D eigenvalue weighted by Gasteiger charge is -2.27. The lowest BCUT2D eigenvalue weighted by Crippen LogP contribution is -2.46. The average Bonchev–Trinajstić information content (AvgIpc) is 2.70. The quantitative estimate of drug-likeness (QED) is 0.435. The van der Waals surface area contributed by atoms with Gasteiger partial charge >= 0.3 is 0 Å². The minimum Gasteiger partial charge on any atom is -0.457 e. The van der Waals surface area contributed by atoms with Gasteiger partial charge in [-0.2, -0.15) is 0 Å². The lowest BCUT2D eigenvalue weighted by atomic mass is 10.2. The molecule has 2 rings (SSSR count). The van der Waals surface area contributed by atoms with Gasteiger partial charge in [0.2, 0.25) is 10.0 Å². The molecule has 8 nitrogen and oxygen atoms in total. The van der Waals surface area contributed by atoms with Crippen LogP contribution in [-0.2, 0) is 26.2 Å². The highest BCUT2D eigenvalue weighted by molar-refractivity contribution is 7.92. The second-order valence-corrected chi connectivity index (χ2v) is 8.72. The highest BCUT2D eigenvalue weighted by Gasteiger charge is 2.28. The molecule has 1 atom stereocenters. The van der Waals surface area contributed by atoms with Crippen molar-refractivity contribution in [2.24, 2.45) is 0 Å². The number of ether oxygens (including phenoxy) is 2. The number of nitrogens with zero attached hydrogens (tertiary/aromatic N) is 1. The third-order valence-corrected chi connectivity index (χ3v) is 5.17. The molecular weight excluding hydrogens is 415 g/mol. The van der Waals surface area contributed by atoms with Gasteiger partial charge in [0.1, 0.15) is 18.2 Å². The number of nitrogens with one attached hydrogen (secondary N) is 1. The van der Waals surface area contributed by atoms with Gasteiger partial charge in [0.25, 0.3) is 5.91 Å². The molecule has 0 fully saturated rings. The summed E-state index contributed by atoms with van der Waals surface area (Å²) in [7, 11) is -3.75. The molecule has 0 radical (unpaired) electrons. The number of sulfonamides is 1. The van der Waals surface area contributed by atoms with E-state index in [1.807, 2.05) is 0 Å². The molecule has 0 spiro atoms. The maximum absolute atomic E-state index is 12.6. The van der Waals surface area contributed by atoms with Crippen LogP contribution in [0.5, 0.6) is 11.5 Å². The Morgan fingerprint density at radius 2 is 1.63 bits per heavy atom. The number of carbonyl (C=O) groups is 1. The zero-order valence-electron chi connectivity index (χ0n) is 16.9. The fourth-order valence-corrected chi connectivity index (χ4v) is 3.55. The number of rotatable bonds is 10. The summed E-state index contributed by atoms with van der Waals surface area (Å²) in [5.41, 5.74) is 2.32. The molecule has 0 heterocycles. The fourth-order valence-electron chi connectivity index (χ4n) is 2.63. The molecule has 0 aliphatic heterocycles. The third-order valence-electron chi connectivity index (χ3n) is 4.01. The van der Waals surface area contributed by atoms with Crippen molar-refractivity contribution in [3.8, 4) is 11.5 Å². The van der Waals surface area contributed by atoms with Crippen LogP contribution in [0.3, 0.4) is 0 Å². The van der Waals surface area contributed by atoms with Crippen LogP contribution in [0, 0.1) is 0 Å². The summed E-state index contributed by atoms with van der Waals surface area (Å²) >= 11 is 0. The van der Waals surface area contributed by atoms with Crippen molar-refractivity contribution >= 4 is 21.6 Å². The summed E-state index contributed by atoms with van der Waals surface area (Å²) in [5, 5.41) is 8.93. The highest BCUT2D eigenvalue weighted by Crippen LogP contribution is 2.26. The molecule has 2 aromatic carbocycles. The number of benzene rings is 2. The Bertz CT molecular complexity index is 933. The predicted octanol–water partition coefficient (Wildman–Crippen LogP) is 3.01. The zero-order chi connectivity index (χ0) is 22.3. The minimum atomic E-state index is -3.75. The van der Waals surface area contributed by atoms with E-state index < -0.39 is 28.7 Å². The first-order valence-corrected chi connectivity index (χ1v) is 11.0. The molecule has 30 heavy (non-hydrogen) atoms. The van der Waals surface area contributed by atoms with Gasteiger partial charge in [0.05, 0.1) is 24.6 Å². The van der Waals surface area contributed by atoms with Crippen LogP contribution in [0.15, 0.2) is 48.5 Å². The van der Waals surface area contributed by atoms with Crippen molar-refractivity contribution in [2.75, 3.05) is 17.1 Å². The summed E-state index contributed by atoms with van der Waals surface area (Å²) in [6.45, 7) is 2.49.